The Morgan fingerprint density at radius 1 is 1.33 bits per heavy atom. The van der Waals surface area contributed by atoms with Gasteiger partial charge in [-0.05, 0) is 44.0 Å². The van der Waals surface area contributed by atoms with E-state index in [0.29, 0.717) is 10.7 Å². The maximum absolute atomic E-state index is 12.2. The van der Waals surface area contributed by atoms with Gasteiger partial charge in [0.05, 0.1) is 0 Å². The van der Waals surface area contributed by atoms with Gasteiger partial charge < -0.3 is 10.0 Å². The molecule has 0 aliphatic rings. The summed E-state index contributed by atoms with van der Waals surface area (Å²) in [5, 5.41) is 9.47. The molecule has 0 saturated carbocycles. The largest absolute Gasteiger partial charge is 0.480 e. The highest BCUT2D eigenvalue weighted by molar-refractivity contribution is 6.30. The average Bonchev–Trinajstić information content (AvgIpc) is 2.35. The molecule has 0 fully saturated rings. The van der Waals surface area contributed by atoms with Gasteiger partial charge in [0.2, 0.25) is 0 Å². The number of anilines is 1. The molecule has 0 aliphatic heterocycles. The molecule has 0 heterocycles. The van der Waals surface area contributed by atoms with Gasteiger partial charge >= 0.3 is 12.1 Å². The maximum Gasteiger partial charge on any atom is 0.389 e. The minimum Gasteiger partial charge on any atom is -0.480 e. The fraction of sp³-hybridized carbons (Fsp3) is 0.500. The number of benzene rings is 1. The zero-order chi connectivity index (χ0) is 16.0. The first kappa shape index (κ1) is 17.6. The predicted molar refractivity (Wildman–Crippen MR) is 75.8 cm³/mol. The summed E-state index contributed by atoms with van der Waals surface area (Å²) in [7, 11) is 0. The summed E-state index contributed by atoms with van der Waals surface area (Å²) < 4.78 is 36.5. The van der Waals surface area contributed by atoms with E-state index in [1.807, 2.05) is 0 Å². The van der Waals surface area contributed by atoms with Gasteiger partial charge in [0.15, 0.2) is 0 Å². The summed E-state index contributed by atoms with van der Waals surface area (Å²) in [6.07, 6.45) is -4.82. The third-order valence-corrected chi connectivity index (χ3v) is 3.33. The summed E-state index contributed by atoms with van der Waals surface area (Å²) in [6, 6.07) is 6.24. The van der Waals surface area contributed by atoms with Crippen LogP contribution in [0.2, 0.25) is 5.02 Å². The number of carbonyl (C=O) groups is 1. The molecule has 1 aromatic rings. The quantitative estimate of drug-likeness (QED) is 0.811. The summed E-state index contributed by atoms with van der Waals surface area (Å²) in [5.74, 6) is -1.03. The third-order valence-electron chi connectivity index (χ3n) is 3.08. The van der Waals surface area contributed by atoms with Crippen molar-refractivity contribution >= 4 is 23.3 Å². The van der Waals surface area contributed by atoms with E-state index >= 15 is 0 Å². The molecule has 118 valence electrons. The van der Waals surface area contributed by atoms with Crippen molar-refractivity contribution in [2.75, 3.05) is 11.4 Å². The van der Waals surface area contributed by atoms with Crippen LogP contribution in [0.1, 0.15) is 26.2 Å². The maximum atomic E-state index is 12.2. The Hall–Kier alpha value is -1.43. The molecular weight excluding hydrogens is 307 g/mol. The van der Waals surface area contributed by atoms with E-state index in [-0.39, 0.29) is 25.4 Å². The second-order valence-electron chi connectivity index (χ2n) is 4.85. The highest BCUT2D eigenvalue weighted by atomic mass is 35.5. The second-order valence-corrected chi connectivity index (χ2v) is 5.29. The van der Waals surface area contributed by atoms with Crippen LogP contribution >= 0.6 is 11.6 Å². The van der Waals surface area contributed by atoms with Gasteiger partial charge in [-0.1, -0.05) is 11.6 Å². The predicted octanol–water partition coefficient (Wildman–Crippen LogP) is 4.35. The number of alkyl halides is 3. The summed E-state index contributed by atoms with van der Waals surface area (Å²) in [6.45, 7) is 1.45. The van der Waals surface area contributed by atoms with Gasteiger partial charge in [0.25, 0.3) is 0 Å². The lowest BCUT2D eigenvalue weighted by Crippen LogP contribution is -2.37. The summed E-state index contributed by atoms with van der Waals surface area (Å²) in [5.41, 5.74) is 0.626. The number of carboxylic acids is 1. The average molecular weight is 324 g/mol. The fourth-order valence-electron chi connectivity index (χ4n) is 2.03. The van der Waals surface area contributed by atoms with E-state index in [0.717, 1.165) is 0 Å². The van der Waals surface area contributed by atoms with Crippen molar-refractivity contribution in [2.24, 2.45) is 0 Å². The number of carboxylic acid groups (broad SMARTS) is 1. The highest BCUT2D eigenvalue weighted by Crippen LogP contribution is 2.25. The van der Waals surface area contributed by atoms with E-state index in [4.69, 9.17) is 16.7 Å². The smallest absolute Gasteiger partial charge is 0.389 e. The Bertz CT molecular complexity index is 462. The first-order chi connectivity index (χ1) is 9.69. The van der Waals surface area contributed by atoms with Crippen molar-refractivity contribution in [3.8, 4) is 0 Å². The highest BCUT2D eigenvalue weighted by Gasteiger charge is 2.27. The van der Waals surface area contributed by atoms with Crippen molar-refractivity contribution in [2.45, 2.75) is 38.4 Å². The van der Waals surface area contributed by atoms with Crippen LogP contribution in [0.3, 0.4) is 0 Å². The molecule has 0 saturated heterocycles. The van der Waals surface area contributed by atoms with E-state index in [1.165, 1.54) is 0 Å². The Labute approximate surface area is 126 Å². The van der Waals surface area contributed by atoms with Crippen LogP contribution in [-0.2, 0) is 4.79 Å². The van der Waals surface area contributed by atoms with Crippen LogP contribution in [0, 0.1) is 0 Å². The first-order valence-electron chi connectivity index (χ1n) is 6.50. The number of halogens is 4. The number of hydrogen-bond donors (Lipinski definition) is 1. The molecule has 21 heavy (non-hydrogen) atoms. The van der Waals surface area contributed by atoms with Gasteiger partial charge in [-0.25, -0.2) is 0 Å². The number of nitrogens with zero attached hydrogens (tertiary/aromatic N) is 1. The van der Waals surface area contributed by atoms with E-state index in [2.05, 4.69) is 0 Å². The first-order valence-corrected chi connectivity index (χ1v) is 6.87. The van der Waals surface area contributed by atoms with Crippen molar-refractivity contribution < 1.29 is 23.1 Å². The van der Waals surface area contributed by atoms with Gasteiger partial charge in [-0.2, -0.15) is 13.2 Å². The third kappa shape index (κ3) is 6.71. The van der Waals surface area contributed by atoms with Crippen LogP contribution in [0.4, 0.5) is 18.9 Å². The number of hydrogen-bond acceptors (Lipinski definition) is 2. The van der Waals surface area contributed by atoms with Crippen LogP contribution in [0.15, 0.2) is 24.3 Å². The topological polar surface area (TPSA) is 40.5 Å². The molecule has 0 radical (unpaired) electrons. The minimum atomic E-state index is -4.18. The molecule has 1 atom stereocenters. The van der Waals surface area contributed by atoms with E-state index in [9.17, 15) is 18.0 Å². The molecule has 1 unspecified atom stereocenters. The van der Waals surface area contributed by atoms with Gasteiger partial charge in [0.1, 0.15) is 6.54 Å². The zero-order valence-electron chi connectivity index (χ0n) is 11.5. The van der Waals surface area contributed by atoms with Gasteiger partial charge in [-0.3, -0.25) is 4.79 Å². The lowest BCUT2D eigenvalue weighted by Gasteiger charge is -2.30. The monoisotopic (exact) mass is 323 g/mol. The van der Waals surface area contributed by atoms with Gasteiger partial charge in [0, 0.05) is 23.2 Å². The Morgan fingerprint density at radius 2 is 1.90 bits per heavy atom. The standard InChI is InChI=1S/C14H17ClF3NO2/c1-10(3-2-8-14(16,17)18)19(9-13(20)21)12-6-4-11(15)5-7-12/h4-7,10H,2-3,8-9H2,1H3,(H,20,21). The van der Waals surface area contributed by atoms with E-state index < -0.39 is 18.6 Å². The molecule has 0 bridgehead atoms. The van der Waals surface area contributed by atoms with Crippen LogP contribution in [0.25, 0.3) is 0 Å². The molecule has 1 aromatic carbocycles. The van der Waals surface area contributed by atoms with Crippen LogP contribution < -0.4 is 4.90 Å². The summed E-state index contributed by atoms with van der Waals surface area (Å²) in [4.78, 5) is 12.5. The van der Waals surface area contributed by atoms with Crippen molar-refractivity contribution in [3.05, 3.63) is 29.3 Å². The van der Waals surface area contributed by atoms with Crippen LogP contribution in [0.5, 0.6) is 0 Å². The Kier molecular flexibility index (Phi) is 6.33. The SMILES string of the molecule is CC(CCCC(F)(F)F)N(CC(=O)O)c1ccc(Cl)cc1. The van der Waals surface area contributed by atoms with Crippen molar-refractivity contribution in [3.63, 3.8) is 0 Å². The van der Waals surface area contributed by atoms with Gasteiger partial charge in [-0.15, -0.1) is 0 Å². The molecule has 3 nitrogen and oxygen atoms in total. The molecule has 7 heteroatoms. The molecule has 0 amide bonds. The van der Waals surface area contributed by atoms with Crippen molar-refractivity contribution in [1.29, 1.82) is 0 Å². The molecule has 0 spiro atoms. The molecule has 0 aromatic heterocycles. The van der Waals surface area contributed by atoms with E-state index in [1.54, 1.807) is 36.1 Å². The molecule has 1 N–H and O–H groups in total. The molecule has 0 aliphatic carbocycles. The number of aliphatic carboxylic acids is 1. The molecular formula is C14H17ClF3NO2. The number of rotatable bonds is 7. The Balaban J connectivity index is 2.72. The molecule has 1 rings (SSSR count). The lowest BCUT2D eigenvalue weighted by molar-refractivity contribution is -0.137. The second kappa shape index (κ2) is 7.54. The fourth-order valence-corrected chi connectivity index (χ4v) is 2.16. The van der Waals surface area contributed by atoms with Crippen LogP contribution in [-0.4, -0.2) is 29.8 Å². The summed E-state index contributed by atoms with van der Waals surface area (Å²) >= 11 is 5.78. The zero-order valence-corrected chi connectivity index (χ0v) is 12.3. The van der Waals surface area contributed by atoms with Crippen molar-refractivity contribution in [1.82, 2.24) is 0 Å². The normalized spacial score (nSPS) is 13.0. The minimum absolute atomic E-state index is 0.0334. The Morgan fingerprint density at radius 3 is 2.38 bits per heavy atom. The lowest BCUT2D eigenvalue weighted by atomic mass is 10.1.